The number of methoxy groups -OCH3 is 1. The number of nitrogens with zero attached hydrogens (tertiary/aromatic N) is 1. The van der Waals surface area contributed by atoms with Crippen molar-refractivity contribution in [2.24, 2.45) is 0 Å². The topological polar surface area (TPSA) is 81.7 Å². The molecule has 4 rings (SSSR count). The van der Waals surface area contributed by atoms with Gasteiger partial charge in [-0.25, -0.2) is 0 Å². The third-order valence-corrected chi connectivity index (χ3v) is 4.56. The highest BCUT2D eigenvalue weighted by Gasteiger charge is 2.14. The van der Waals surface area contributed by atoms with Crippen LogP contribution in [0.3, 0.4) is 0 Å². The molecule has 0 bridgehead atoms. The first-order chi connectivity index (χ1) is 14.2. The van der Waals surface area contributed by atoms with Gasteiger partial charge >= 0.3 is 0 Å². The van der Waals surface area contributed by atoms with Crippen molar-refractivity contribution in [2.45, 2.75) is 13.1 Å². The van der Waals surface area contributed by atoms with Crippen LogP contribution in [-0.2, 0) is 13.1 Å². The summed E-state index contributed by atoms with van der Waals surface area (Å²) in [6.07, 6.45) is 1.61. The zero-order valence-electron chi connectivity index (χ0n) is 16.0. The van der Waals surface area contributed by atoms with Crippen molar-refractivity contribution in [1.29, 1.82) is 0 Å². The average Bonchev–Trinajstić information content (AvgIpc) is 3.24. The van der Waals surface area contributed by atoms with Gasteiger partial charge in [0.25, 0.3) is 5.91 Å². The van der Waals surface area contributed by atoms with Gasteiger partial charge in [0.2, 0.25) is 6.79 Å². The maximum atomic E-state index is 12.5. The molecule has 0 saturated carbocycles. The van der Waals surface area contributed by atoms with E-state index in [1.807, 2.05) is 48.5 Å². The summed E-state index contributed by atoms with van der Waals surface area (Å²) >= 11 is 0. The van der Waals surface area contributed by atoms with Gasteiger partial charge in [0.05, 0.1) is 7.11 Å². The van der Waals surface area contributed by atoms with Crippen LogP contribution >= 0.6 is 0 Å². The van der Waals surface area contributed by atoms with E-state index in [4.69, 9.17) is 14.2 Å². The van der Waals surface area contributed by atoms with Gasteiger partial charge in [-0.05, 0) is 35.9 Å². The monoisotopic (exact) mass is 391 g/mol. The molecule has 148 valence electrons. The Bertz CT molecular complexity index is 1020. The molecular weight excluding hydrogens is 370 g/mol. The highest BCUT2D eigenvalue weighted by Crippen LogP contribution is 2.32. The summed E-state index contributed by atoms with van der Waals surface area (Å²) in [5, 5.41) is 6.18. The van der Waals surface area contributed by atoms with E-state index in [0.717, 1.165) is 28.3 Å². The fourth-order valence-electron chi connectivity index (χ4n) is 3.03. The van der Waals surface area contributed by atoms with Gasteiger partial charge in [0.1, 0.15) is 11.4 Å². The Morgan fingerprint density at radius 3 is 2.83 bits per heavy atom. The van der Waals surface area contributed by atoms with Gasteiger partial charge in [-0.1, -0.05) is 24.3 Å². The molecule has 1 aliphatic heterocycles. The number of para-hydroxylation sites is 1. The second-order valence-corrected chi connectivity index (χ2v) is 6.47. The van der Waals surface area contributed by atoms with Crippen molar-refractivity contribution in [3.63, 3.8) is 0 Å². The molecule has 0 fully saturated rings. The van der Waals surface area contributed by atoms with Gasteiger partial charge < -0.3 is 24.8 Å². The van der Waals surface area contributed by atoms with E-state index in [1.54, 1.807) is 19.4 Å². The lowest BCUT2D eigenvalue weighted by atomic mass is 10.2. The lowest BCUT2D eigenvalue weighted by molar-refractivity contribution is 0.0946. The molecule has 1 amide bonds. The average molecular weight is 391 g/mol. The number of carbonyl (C=O) groups is 1. The van der Waals surface area contributed by atoms with E-state index in [2.05, 4.69) is 15.6 Å². The van der Waals surface area contributed by atoms with Crippen LogP contribution in [0.25, 0.3) is 0 Å². The number of carbonyl (C=O) groups excluding carboxylic acids is 1. The summed E-state index contributed by atoms with van der Waals surface area (Å²) in [4.78, 5) is 16.7. The molecule has 0 aliphatic carbocycles. The molecule has 0 atom stereocenters. The number of rotatable bonds is 7. The predicted molar refractivity (Wildman–Crippen MR) is 108 cm³/mol. The number of hydrogen-bond donors (Lipinski definition) is 2. The van der Waals surface area contributed by atoms with Crippen molar-refractivity contribution >= 4 is 11.6 Å². The van der Waals surface area contributed by atoms with Gasteiger partial charge in [0, 0.05) is 30.5 Å². The normalized spacial score (nSPS) is 11.8. The quantitative estimate of drug-likeness (QED) is 0.643. The standard InChI is InChI=1S/C22H21N3O4/c1-27-19-5-3-2-4-16(19)13-24-17-8-9-23-18(11-17)22(26)25-12-15-6-7-20-21(10-15)29-14-28-20/h2-11H,12-14H2,1H3,(H,23,24)(H,25,26). The van der Waals surface area contributed by atoms with Crippen LogP contribution in [0.1, 0.15) is 21.6 Å². The lowest BCUT2D eigenvalue weighted by Crippen LogP contribution is -2.23. The second kappa shape index (κ2) is 8.52. The molecule has 0 radical (unpaired) electrons. The van der Waals surface area contributed by atoms with Gasteiger partial charge in [-0.15, -0.1) is 0 Å². The molecule has 2 N–H and O–H groups in total. The molecule has 29 heavy (non-hydrogen) atoms. The summed E-state index contributed by atoms with van der Waals surface area (Å²) in [7, 11) is 1.65. The Hall–Kier alpha value is -3.74. The van der Waals surface area contributed by atoms with E-state index in [1.165, 1.54) is 0 Å². The zero-order valence-corrected chi connectivity index (χ0v) is 16.0. The molecule has 7 nitrogen and oxygen atoms in total. The Balaban J connectivity index is 1.37. The van der Waals surface area contributed by atoms with Crippen LogP contribution in [0.5, 0.6) is 17.2 Å². The maximum Gasteiger partial charge on any atom is 0.270 e. The Labute approximate surface area is 168 Å². The zero-order chi connectivity index (χ0) is 20.1. The summed E-state index contributed by atoms with van der Waals surface area (Å²) in [6.45, 7) is 1.17. The number of amides is 1. The van der Waals surface area contributed by atoms with Crippen LogP contribution in [0.15, 0.2) is 60.8 Å². The van der Waals surface area contributed by atoms with Crippen molar-refractivity contribution in [1.82, 2.24) is 10.3 Å². The van der Waals surface area contributed by atoms with Gasteiger partial charge in [-0.2, -0.15) is 0 Å². The second-order valence-electron chi connectivity index (χ2n) is 6.47. The van der Waals surface area contributed by atoms with Crippen LogP contribution in [0.4, 0.5) is 5.69 Å². The molecule has 0 unspecified atom stereocenters. The molecule has 7 heteroatoms. The molecular formula is C22H21N3O4. The number of ether oxygens (including phenoxy) is 3. The van der Waals surface area contributed by atoms with Crippen LogP contribution < -0.4 is 24.8 Å². The number of pyridine rings is 1. The molecule has 2 aromatic carbocycles. The molecule has 0 saturated heterocycles. The van der Waals surface area contributed by atoms with Gasteiger partial charge in [0.15, 0.2) is 11.5 Å². The SMILES string of the molecule is COc1ccccc1CNc1ccnc(C(=O)NCc2ccc3c(c2)OCO3)c1. The molecule has 1 aliphatic rings. The maximum absolute atomic E-state index is 12.5. The van der Waals surface area contributed by atoms with Crippen molar-refractivity contribution in [3.05, 3.63) is 77.6 Å². The van der Waals surface area contributed by atoms with E-state index in [9.17, 15) is 4.79 Å². The Kier molecular flexibility index (Phi) is 5.47. The van der Waals surface area contributed by atoms with E-state index in [-0.39, 0.29) is 12.7 Å². The first kappa shape index (κ1) is 18.6. The van der Waals surface area contributed by atoms with Crippen LogP contribution in [0.2, 0.25) is 0 Å². The molecule has 3 aromatic rings. The van der Waals surface area contributed by atoms with Gasteiger partial charge in [-0.3, -0.25) is 9.78 Å². The van der Waals surface area contributed by atoms with Crippen LogP contribution in [-0.4, -0.2) is 24.8 Å². The summed E-state index contributed by atoms with van der Waals surface area (Å²) < 4.78 is 16.0. The number of benzene rings is 2. The number of nitrogens with one attached hydrogen (secondary N) is 2. The van der Waals surface area contributed by atoms with Crippen molar-refractivity contribution in [3.8, 4) is 17.2 Å². The first-order valence-electron chi connectivity index (χ1n) is 9.21. The Morgan fingerprint density at radius 1 is 1.07 bits per heavy atom. The summed E-state index contributed by atoms with van der Waals surface area (Å²) in [5.74, 6) is 1.98. The van der Waals surface area contributed by atoms with Crippen molar-refractivity contribution in [2.75, 3.05) is 19.2 Å². The minimum Gasteiger partial charge on any atom is -0.496 e. The number of fused-ring (bicyclic) bond motifs is 1. The number of aromatic nitrogens is 1. The Morgan fingerprint density at radius 2 is 1.93 bits per heavy atom. The molecule has 0 spiro atoms. The van der Waals surface area contributed by atoms with E-state index < -0.39 is 0 Å². The third-order valence-electron chi connectivity index (χ3n) is 4.56. The predicted octanol–water partition coefficient (Wildman–Crippen LogP) is 3.36. The largest absolute Gasteiger partial charge is 0.496 e. The lowest BCUT2D eigenvalue weighted by Gasteiger charge is -2.11. The summed E-state index contributed by atoms with van der Waals surface area (Å²) in [5.41, 5.74) is 3.10. The molecule has 2 heterocycles. The minimum atomic E-state index is -0.247. The van der Waals surface area contributed by atoms with E-state index >= 15 is 0 Å². The summed E-state index contributed by atoms with van der Waals surface area (Å²) in [6, 6.07) is 16.9. The highest BCUT2D eigenvalue weighted by molar-refractivity contribution is 5.93. The number of anilines is 1. The van der Waals surface area contributed by atoms with Crippen molar-refractivity contribution < 1.29 is 19.0 Å². The third kappa shape index (κ3) is 4.40. The fourth-order valence-corrected chi connectivity index (χ4v) is 3.03. The first-order valence-corrected chi connectivity index (χ1v) is 9.21. The molecule has 1 aromatic heterocycles. The fraction of sp³-hybridized carbons (Fsp3) is 0.182. The van der Waals surface area contributed by atoms with Crippen LogP contribution in [0, 0.1) is 0 Å². The highest BCUT2D eigenvalue weighted by atomic mass is 16.7. The smallest absolute Gasteiger partial charge is 0.270 e. The minimum absolute atomic E-state index is 0.226. The number of hydrogen-bond acceptors (Lipinski definition) is 6. The van der Waals surface area contributed by atoms with E-state index in [0.29, 0.717) is 24.5 Å².